The smallest absolute Gasteiger partial charge is 0.238 e. The first-order chi connectivity index (χ1) is 9.79. The topological polar surface area (TPSA) is 148 Å². The van der Waals surface area contributed by atoms with Gasteiger partial charge in [-0.15, -0.1) is 0 Å². The second kappa shape index (κ2) is 5.34. The van der Waals surface area contributed by atoms with Crippen LogP contribution in [-0.4, -0.2) is 25.4 Å². The number of amides is 1. The summed E-state index contributed by atoms with van der Waals surface area (Å²) in [5.74, 6) is -0.405. The number of nitrogens with zero attached hydrogens (tertiary/aromatic N) is 1. The minimum Gasteiger partial charge on any atom is -0.409 e. The van der Waals surface area contributed by atoms with E-state index >= 15 is 0 Å². The highest BCUT2D eigenvalue weighted by Crippen LogP contribution is 2.46. The molecule has 0 saturated heterocycles. The number of amidine groups is 1. The monoisotopic (exact) mass is 312 g/mol. The lowest BCUT2D eigenvalue weighted by Crippen LogP contribution is -2.40. The fourth-order valence-electron chi connectivity index (χ4n) is 1.97. The van der Waals surface area contributed by atoms with E-state index < -0.39 is 15.4 Å². The van der Waals surface area contributed by atoms with Crippen LogP contribution in [0.15, 0.2) is 34.3 Å². The highest BCUT2D eigenvalue weighted by Gasteiger charge is 2.54. The van der Waals surface area contributed by atoms with Crippen LogP contribution in [0.2, 0.25) is 0 Å². The molecule has 1 aromatic rings. The highest BCUT2D eigenvalue weighted by atomic mass is 32.2. The average molecular weight is 312 g/mol. The van der Waals surface area contributed by atoms with E-state index in [4.69, 9.17) is 16.1 Å². The molecule has 0 bridgehead atoms. The van der Waals surface area contributed by atoms with Crippen LogP contribution in [0, 0.1) is 5.41 Å². The molecule has 0 heterocycles. The van der Waals surface area contributed by atoms with Gasteiger partial charge in [-0.2, -0.15) is 0 Å². The Balaban J connectivity index is 2.00. The van der Waals surface area contributed by atoms with Crippen molar-refractivity contribution in [3.63, 3.8) is 0 Å². The molecule has 21 heavy (non-hydrogen) atoms. The highest BCUT2D eigenvalue weighted by molar-refractivity contribution is 7.89. The fourth-order valence-corrected chi connectivity index (χ4v) is 2.48. The molecule has 1 aromatic carbocycles. The second-order valence-corrected chi connectivity index (χ2v) is 6.50. The standard InChI is InChI=1S/C12H16N4O4S/c13-10(16-18)12(5-6-12)11(17)15-7-8-1-3-9(4-2-8)21(14,19)20/h1-4,18H,5-7H2,(H2,13,16)(H,15,17)(H2,14,19,20). The van der Waals surface area contributed by atoms with Crippen LogP contribution in [0.5, 0.6) is 0 Å². The molecule has 1 fully saturated rings. The van der Waals surface area contributed by atoms with E-state index in [1.54, 1.807) is 12.1 Å². The number of sulfonamides is 1. The van der Waals surface area contributed by atoms with Gasteiger partial charge in [0.25, 0.3) is 0 Å². The zero-order chi connectivity index (χ0) is 15.7. The summed E-state index contributed by atoms with van der Waals surface area (Å²) in [4.78, 5) is 12.0. The van der Waals surface area contributed by atoms with Crippen molar-refractivity contribution in [3.8, 4) is 0 Å². The van der Waals surface area contributed by atoms with Gasteiger partial charge in [-0.25, -0.2) is 13.6 Å². The summed E-state index contributed by atoms with van der Waals surface area (Å²) in [6.45, 7) is 0.212. The normalized spacial score (nSPS) is 17.3. The molecule has 1 aliphatic rings. The van der Waals surface area contributed by atoms with Crippen LogP contribution in [0.1, 0.15) is 18.4 Å². The van der Waals surface area contributed by atoms with E-state index in [9.17, 15) is 13.2 Å². The predicted octanol–water partition coefficient (Wildman–Crippen LogP) is -0.523. The summed E-state index contributed by atoms with van der Waals surface area (Å²) in [7, 11) is -3.73. The third kappa shape index (κ3) is 3.14. The lowest BCUT2D eigenvalue weighted by Gasteiger charge is -2.13. The van der Waals surface area contributed by atoms with Crippen LogP contribution in [0.25, 0.3) is 0 Å². The molecular formula is C12H16N4O4S. The number of nitrogens with two attached hydrogens (primary N) is 2. The number of primary sulfonamides is 1. The van der Waals surface area contributed by atoms with Gasteiger partial charge in [-0.05, 0) is 30.5 Å². The minimum atomic E-state index is -3.73. The van der Waals surface area contributed by atoms with E-state index in [0.717, 1.165) is 0 Å². The van der Waals surface area contributed by atoms with Crippen LogP contribution in [0.4, 0.5) is 0 Å². The Morgan fingerprint density at radius 3 is 2.33 bits per heavy atom. The molecule has 2 rings (SSSR count). The first kappa shape index (κ1) is 15.3. The van der Waals surface area contributed by atoms with Crippen molar-refractivity contribution < 1.29 is 18.4 Å². The number of nitrogens with one attached hydrogen (secondary N) is 1. The third-order valence-corrected chi connectivity index (χ3v) is 4.42. The number of benzene rings is 1. The third-order valence-electron chi connectivity index (χ3n) is 3.49. The second-order valence-electron chi connectivity index (χ2n) is 4.94. The Kier molecular flexibility index (Phi) is 3.88. The van der Waals surface area contributed by atoms with Crippen molar-refractivity contribution in [2.45, 2.75) is 24.3 Å². The maximum atomic E-state index is 12.0. The van der Waals surface area contributed by atoms with Gasteiger partial charge in [0.15, 0.2) is 5.84 Å². The molecule has 0 aliphatic heterocycles. The molecule has 8 nitrogen and oxygen atoms in total. The van der Waals surface area contributed by atoms with E-state index in [1.165, 1.54) is 12.1 Å². The molecule has 0 aromatic heterocycles. The van der Waals surface area contributed by atoms with E-state index in [1.807, 2.05) is 0 Å². The van der Waals surface area contributed by atoms with Crippen molar-refractivity contribution in [3.05, 3.63) is 29.8 Å². The predicted molar refractivity (Wildman–Crippen MR) is 74.7 cm³/mol. The van der Waals surface area contributed by atoms with Crippen LogP contribution in [0.3, 0.4) is 0 Å². The summed E-state index contributed by atoms with van der Waals surface area (Å²) < 4.78 is 22.2. The summed E-state index contributed by atoms with van der Waals surface area (Å²) in [6, 6.07) is 5.85. The van der Waals surface area contributed by atoms with Gasteiger partial charge in [0, 0.05) is 6.54 Å². The zero-order valence-corrected chi connectivity index (χ0v) is 11.9. The van der Waals surface area contributed by atoms with Gasteiger partial charge in [0.1, 0.15) is 5.41 Å². The quantitative estimate of drug-likeness (QED) is 0.250. The van der Waals surface area contributed by atoms with Crippen molar-refractivity contribution in [2.75, 3.05) is 0 Å². The van der Waals surface area contributed by atoms with E-state index in [-0.39, 0.29) is 23.2 Å². The molecule has 0 spiro atoms. The maximum absolute atomic E-state index is 12.0. The number of oxime groups is 1. The van der Waals surface area contributed by atoms with Gasteiger partial charge >= 0.3 is 0 Å². The Hall–Kier alpha value is -2.13. The van der Waals surface area contributed by atoms with Crippen LogP contribution < -0.4 is 16.2 Å². The minimum absolute atomic E-state index is 0.00731. The van der Waals surface area contributed by atoms with Crippen LogP contribution >= 0.6 is 0 Å². The van der Waals surface area contributed by atoms with Crippen molar-refractivity contribution in [1.82, 2.24) is 5.32 Å². The Labute approximate surface area is 121 Å². The summed E-state index contributed by atoms with van der Waals surface area (Å²) in [5, 5.41) is 19.2. The average Bonchev–Trinajstić information content (AvgIpc) is 3.25. The largest absolute Gasteiger partial charge is 0.409 e. The van der Waals surface area contributed by atoms with Crippen molar-refractivity contribution in [2.24, 2.45) is 21.4 Å². The summed E-state index contributed by atoms with van der Waals surface area (Å²) in [5.41, 5.74) is 5.32. The zero-order valence-electron chi connectivity index (χ0n) is 11.1. The Morgan fingerprint density at radius 2 is 1.90 bits per heavy atom. The van der Waals surface area contributed by atoms with E-state index in [2.05, 4.69) is 10.5 Å². The molecule has 0 radical (unpaired) electrons. The van der Waals surface area contributed by atoms with Gasteiger partial charge in [0.2, 0.25) is 15.9 Å². The van der Waals surface area contributed by atoms with E-state index in [0.29, 0.717) is 18.4 Å². The maximum Gasteiger partial charge on any atom is 0.238 e. The SMILES string of the molecule is N/C(=N/O)C1(C(=O)NCc2ccc(S(N)(=O)=O)cc2)CC1. The van der Waals surface area contributed by atoms with Crippen molar-refractivity contribution in [1.29, 1.82) is 0 Å². The number of rotatable bonds is 5. The molecule has 1 aliphatic carbocycles. The first-order valence-electron chi connectivity index (χ1n) is 6.18. The Bertz CT molecular complexity index is 678. The number of carbonyl (C=O) groups excluding carboxylic acids is 1. The number of hydrogen-bond donors (Lipinski definition) is 4. The van der Waals surface area contributed by atoms with Gasteiger partial charge < -0.3 is 16.3 Å². The van der Waals surface area contributed by atoms with Gasteiger partial charge in [-0.3, -0.25) is 4.79 Å². The first-order valence-corrected chi connectivity index (χ1v) is 7.72. The molecular weight excluding hydrogens is 296 g/mol. The molecule has 6 N–H and O–H groups in total. The summed E-state index contributed by atoms with van der Waals surface area (Å²) >= 11 is 0. The van der Waals surface area contributed by atoms with Gasteiger partial charge in [0.05, 0.1) is 4.90 Å². The molecule has 0 unspecified atom stereocenters. The van der Waals surface area contributed by atoms with Crippen molar-refractivity contribution >= 4 is 21.8 Å². The summed E-state index contributed by atoms with van der Waals surface area (Å²) in [6.07, 6.45) is 1.08. The molecule has 114 valence electrons. The number of hydrogen-bond acceptors (Lipinski definition) is 5. The van der Waals surface area contributed by atoms with Crippen LogP contribution in [-0.2, 0) is 21.4 Å². The lowest BCUT2D eigenvalue weighted by molar-refractivity contribution is -0.124. The molecule has 1 amide bonds. The Morgan fingerprint density at radius 1 is 1.33 bits per heavy atom. The molecule has 1 saturated carbocycles. The molecule has 0 atom stereocenters. The lowest BCUT2D eigenvalue weighted by atomic mass is 10.1. The van der Waals surface area contributed by atoms with Gasteiger partial charge in [-0.1, -0.05) is 17.3 Å². The molecule has 9 heteroatoms. The fraction of sp³-hybridized carbons (Fsp3) is 0.333. The number of carbonyl (C=O) groups is 1.